The van der Waals surface area contributed by atoms with Crippen LogP contribution in [0.4, 0.5) is 10.2 Å². The fraction of sp³-hybridized carbons (Fsp3) is 0.667. The number of ether oxygens (including phenoxy) is 2. The lowest BCUT2D eigenvalue weighted by Gasteiger charge is -2.61. The van der Waals surface area contributed by atoms with Gasteiger partial charge in [0.05, 0.1) is 17.4 Å². The molecule has 1 unspecified atom stereocenters. The van der Waals surface area contributed by atoms with Crippen molar-refractivity contribution in [2.45, 2.75) is 90.8 Å². The Morgan fingerprint density at radius 3 is 2.52 bits per heavy atom. The number of nitrogens with one attached hydrogen (secondary N) is 1. The van der Waals surface area contributed by atoms with E-state index in [4.69, 9.17) is 9.47 Å². The molecule has 2 aromatic rings. The van der Waals surface area contributed by atoms with Gasteiger partial charge in [0, 0.05) is 50.7 Å². The highest BCUT2D eigenvalue weighted by Crippen LogP contribution is 2.44. The van der Waals surface area contributed by atoms with Crippen LogP contribution >= 0.6 is 0 Å². The van der Waals surface area contributed by atoms with Crippen LogP contribution in [-0.4, -0.2) is 94.7 Å². The summed E-state index contributed by atoms with van der Waals surface area (Å²) in [5.74, 6) is 1.35. The molecule has 2 aliphatic heterocycles. The molecule has 1 atom stereocenters. The number of carbonyl (C=O) groups excluding carboxylic acids is 1. The molecular weight excluding hydrogens is 563 g/mol. The summed E-state index contributed by atoms with van der Waals surface area (Å²) in [4.78, 5) is 28.0. The number of likely N-dealkylation sites (tertiary alicyclic amines) is 1. The van der Waals surface area contributed by atoms with Crippen LogP contribution in [0.1, 0.15) is 77.1 Å². The monoisotopic (exact) mass is 612 g/mol. The molecule has 1 spiro atoms. The molecule has 1 saturated carbocycles. The van der Waals surface area contributed by atoms with Crippen LogP contribution in [0.25, 0.3) is 0 Å². The summed E-state index contributed by atoms with van der Waals surface area (Å²) in [6.45, 7) is 14.7. The van der Waals surface area contributed by atoms with Gasteiger partial charge in [-0.25, -0.2) is 14.4 Å². The van der Waals surface area contributed by atoms with Crippen LogP contribution < -0.4 is 15.0 Å². The van der Waals surface area contributed by atoms with E-state index in [0.29, 0.717) is 17.6 Å². The smallest absolute Gasteiger partial charge is 0.257 e. The molecular formula is C33H49FN6O4. The minimum atomic E-state index is -0.915. The molecule has 3 aliphatic rings. The predicted octanol–water partition coefficient (Wildman–Crippen LogP) is 4.64. The highest BCUT2D eigenvalue weighted by atomic mass is 19.1. The zero-order valence-electron chi connectivity index (χ0n) is 27.1. The standard InChI is InChI=1S/C33H49FN6O4/c1-22(2)38(6)30(41)26-15-24(34)9-12-27(26)43-28-16-35-21-36-29(28)40-19-33(20-40)17-39(18-33)14-13-23-7-10-25(11-8-23)37-31(42)44-32(3,4)5/h9,12,15-16,21-23,25,31,37,42H,7-8,10-11,13-14,17-20H2,1-6H3. The van der Waals surface area contributed by atoms with Crippen LogP contribution in [0, 0.1) is 17.2 Å². The summed E-state index contributed by atoms with van der Waals surface area (Å²) >= 11 is 0. The molecule has 10 nitrogen and oxygen atoms in total. The average molecular weight is 613 g/mol. The van der Waals surface area contributed by atoms with Crippen molar-refractivity contribution in [1.29, 1.82) is 0 Å². The number of hydrogen-bond acceptors (Lipinski definition) is 9. The molecule has 3 fully saturated rings. The second kappa shape index (κ2) is 13.2. The van der Waals surface area contributed by atoms with Crippen LogP contribution in [0.5, 0.6) is 11.5 Å². The number of aromatic nitrogens is 2. The Morgan fingerprint density at radius 1 is 1.16 bits per heavy atom. The van der Waals surface area contributed by atoms with E-state index in [-0.39, 0.29) is 34.3 Å². The van der Waals surface area contributed by atoms with E-state index in [1.54, 1.807) is 18.1 Å². The molecule has 0 radical (unpaired) electrons. The Bertz CT molecular complexity index is 1280. The molecule has 242 valence electrons. The molecule has 1 aliphatic carbocycles. The zero-order chi connectivity index (χ0) is 31.6. The molecule has 5 rings (SSSR count). The van der Waals surface area contributed by atoms with Crippen LogP contribution in [-0.2, 0) is 4.74 Å². The lowest BCUT2D eigenvalue weighted by molar-refractivity contribution is -0.186. The molecule has 11 heteroatoms. The number of nitrogens with zero attached hydrogens (tertiary/aromatic N) is 5. The highest BCUT2D eigenvalue weighted by Gasteiger charge is 2.52. The van der Waals surface area contributed by atoms with Crippen molar-refractivity contribution in [2.75, 3.05) is 44.7 Å². The third kappa shape index (κ3) is 7.85. The maximum atomic E-state index is 14.1. The Kier molecular flexibility index (Phi) is 9.79. The fourth-order valence-corrected chi connectivity index (χ4v) is 6.65. The van der Waals surface area contributed by atoms with E-state index in [1.165, 1.54) is 43.8 Å². The largest absolute Gasteiger partial charge is 0.451 e. The summed E-state index contributed by atoms with van der Waals surface area (Å²) in [6.07, 6.45) is 7.90. The maximum Gasteiger partial charge on any atom is 0.257 e. The molecule has 1 aromatic heterocycles. The molecule has 2 saturated heterocycles. The lowest BCUT2D eigenvalue weighted by Crippen LogP contribution is -2.72. The Hall–Kier alpha value is -2.86. The van der Waals surface area contributed by atoms with E-state index >= 15 is 0 Å². The normalized spacial score (nSPS) is 22.4. The Balaban J connectivity index is 1.08. The van der Waals surface area contributed by atoms with Crippen molar-refractivity contribution in [3.63, 3.8) is 0 Å². The number of halogens is 1. The number of amides is 1. The third-order valence-electron chi connectivity index (χ3n) is 9.16. The van der Waals surface area contributed by atoms with Crippen LogP contribution in [0.3, 0.4) is 0 Å². The summed E-state index contributed by atoms with van der Waals surface area (Å²) in [6, 6.07) is 4.27. The first-order valence-corrected chi connectivity index (χ1v) is 15.9. The van der Waals surface area contributed by atoms with Crippen molar-refractivity contribution in [3.8, 4) is 11.5 Å². The number of aliphatic hydroxyl groups is 1. The van der Waals surface area contributed by atoms with Gasteiger partial charge in [-0.05, 0) is 97.4 Å². The Morgan fingerprint density at radius 2 is 1.86 bits per heavy atom. The van der Waals surface area contributed by atoms with Crippen molar-refractivity contribution < 1.29 is 23.8 Å². The molecule has 2 N–H and O–H groups in total. The van der Waals surface area contributed by atoms with Gasteiger partial charge in [0.25, 0.3) is 5.91 Å². The molecule has 44 heavy (non-hydrogen) atoms. The van der Waals surface area contributed by atoms with Gasteiger partial charge < -0.3 is 29.3 Å². The van der Waals surface area contributed by atoms with Gasteiger partial charge in [0.1, 0.15) is 17.9 Å². The summed E-state index contributed by atoms with van der Waals surface area (Å²) in [5, 5.41) is 13.4. The first-order valence-electron chi connectivity index (χ1n) is 15.9. The minimum Gasteiger partial charge on any atom is -0.451 e. The van der Waals surface area contributed by atoms with Crippen LogP contribution in [0.15, 0.2) is 30.7 Å². The summed E-state index contributed by atoms with van der Waals surface area (Å²) in [7, 11) is 1.69. The predicted molar refractivity (Wildman–Crippen MR) is 167 cm³/mol. The second-order valence-corrected chi connectivity index (χ2v) is 14.3. The van der Waals surface area contributed by atoms with Crippen molar-refractivity contribution >= 4 is 11.7 Å². The van der Waals surface area contributed by atoms with Gasteiger partial charge in [-0.2, -0.15) is 0 Å². The fourth-order valence-electron chi connectivity index (χ4n) is 6.65. The number of rotatable bonds is 11. The van der Waals surface area contributed by atoms with Crippen molar-refractivity contribution in [3.05, 3.63) is 42.1 Å². The maximum absolute atomic E-state index is 14.1. The van der Waals surface area contributed by atoms with Crippen molar-refractivity contribution in [1.82, 2.24) is 25.1 Å². The van der Waals surface area contributed by atoms with Gasteiger partial charge in [-0.3, -0.25) is 10.1 Å². The van der Waals surface area contributed by atoms with Gasteiger partial charge >= 0.3 is 0 Å². The van der Waals surface area contributed by atoms with E-state index in [2.05, 4.69) is 25.1 Å². The van der Waals surface area contributed by atoms with Gasteiger partial charge in [-0.15, -0.1) is 0 Å². The van der Waals surface area contributed by atoms with E-state index in [0.717, 1.165) is 51.5 Å². The summed E-state index contributed by atoms with van der Waals surface area (Å²) < 4.78 is 25.9. The van der Waals surface area contributed by atoms with E-state index in [9.17, 15) is 14.3 Å². The number of anilines is 1. The minimum absolute atomic E-state index is 0.0419. The first kappa shape index (κ1) is 32.5. The lowest BCUT2D eigenvalue weighted by atomic mass is 9.72. The number of hydrogen-bond donors (Lipinski definition) is 2. The Labute approximate surface area is 260 Å². The third-order valence-corrected chi connectivity index (χ3v) is 9.16. The highest BCUT2D eigenvalue weighted by molar-refractivity contribution is 5.97. The van der Waals surface area contributed by atoms with Gasteiger partial charge in [0.15, 0.2) is 11.6 Å². The van der Waals surface area contributed by atoms with E-state index in [1.807, 2.05) is 34.6 Å². The van der Waals surface area contributed by atoms with E-state index < -0.39 is 12.2 Å². The number of benzene rings is 1. The zero-order valence-corrected chi connectivity index (χ0v) is 27.1. The molecule has 1 aromatic carbocycles. The first-order chi connectivity index (χ1) is 20.8. The quantitative estimate of drug-likeness (QED) is 0.352. The molecule has 0 bridgehead atoms. The topological polar surface area (TPSA) is 103 Å². The van der Waals surface area contributed by atoms with Crippen LogP contribution in [0.2, 0.25) is 0 Å². The SMILES string of the molecule is CC(C)N(C)C(=O)c1cc(F)ccc1Oc1cncnc1N1CC2(CN(CCC3CCC(NC(O)OC(C)(C)C)CC3)C2)C1. The number of aliphatic hydroxyl groups excluding tert-OH is 1. The van der Waals surface area contributed by atoms with Crippen molar-refractivity contribution in [2.24, 2.45) is 11.3 Å². The van der Waals surface area contributed by atoms with Gasteiger partial charge in [0.2, 0.25) is 6.41 Å². The molecule has 1 amide bonds. The molecule has 3 heterocycles. The average Bonchev–Trinajstić information content (AvgIpc) is 2.92. The summed E-state index contributed by atoms with van der Waals surface area (Å²) in [5.41, 5.74) is 0.0626. The second-order valence-electron chi connectivity index (χ2n) is 14.3. The van der Waals surface area contributed by atoms with Gasteiger partial charge in [-0.1, -0.05) is 0 Å². The number of carbonyl (C=O) groups is 1.